The van der Waals surface area contributed by atoms with E-state index in [0.29, 0.717) is 12.4 Å². The minimum atomic E-state index is -0.576. The SMILES string of the molecule is CCN(Cc1nc(-c2ccccc2)no1)C(=O)c1cc([N+](=O)[O-])ccc1Cl. The molecule has 0 spiro atoms. The predicted molar refractivity (Wildman–Crippen MR) is 98.3 cm³/mol. The van der Waals surface area contributed by atoms with Crippen LogP contribution in [0.3, 0.4) is 0 Å². The van der Waals surface area contributed by atoms with Crippen LogP contribution >= 0.6 is 11.6 Å². The molecule has 1 heterocycles. The van der Waals surface area contributed by atoms with Crippen LogP contribution in [-0.4, -0.2) is 32.4 Å². The molecule has 0 aliphatic carbocycles. The van der Waals surface area contributed by atoms with Gasteiger partial charge >= 0.3 is 0 Å². The van der Waals surface area contributed by atoms with Gasteiger partial charge in [0.1, 0.15) is 6.54 Å². The Bertz CT molecular complexity index is 975. The van der Waals surface area contributed by atoms with Crippen LogP contribution in [0.15, 0.2) is 53.1 Å². The monoisotopic (exact) mass is 386 g/mol. The van der Waals surface area contributed by atoms with E-state index < -0.39 is 10.8 Å². The van der Waals surface area contributed by atoms with E-state index in [4.69, 9.17) is 16.1 Å². The lowest BCUT2D eigenvalue weighted by Crippen LogP contribution is -2.30. The number of benzene rings is 2. The van der Waals surface area contributed by atoms with Gasteiger partial charge in [-0.25, -0.2) is 0 Å². The second-order valence-corrected chi connectivity index (χ2v) is 6.03. The third kappa shape index (κ3) is 4.12. The molecule has 0 N–H and O–H groups in total. The van der Waals surface area contributed by atoms with Gasteiger partial charge in [0.05, 0.1) is 15.5 Å². The summed E-state index contributed by atoms with van der Waals surface area (Å²) in [4.78, 5) is 28.9. The Balaban J connectivity index is 1.82. The molecule has 27 heavy (non-hydrogen) atoms. The number of hydrogen-bond donors (Lipinski definition) is 0. The third-order valence-corrected chi connectivity index (χ3v) is 4.22. The molecule has 0 bridgehead atoms. The summed E-state index contributed by atoms with van der Waals surface area (Å²) in [5.74, 6) is 0.221. The predicted octanol–water partition coefficient (Wildman–Crippen LogP) is 3.96. The molecular formula is C18H15ClN4O4. The first-order valence-electron chi connectivity index (χ1n) is 8.10. The van der Waals surface area contributed by atoms with E-state index in [2.05, 4.69) is 10.1 Å². The fourth-order valence-corrected chi connectivity index (χ4v) is 2.67. The summed E-state index contributed by atoms with van der Waals surface area (Å²) in [5.41, 5.74) is 0.641. The van der Waals surface area contributed by atoms with Crippen molar-refractivity contribution < 1.29 is 14.2 Å². The number of halogens is 1. The van der Waals surface area contributed by atoms with E-state index in [9.17, 15) is 14.9 Å². The number of amides is 1. The maximum Gasteiger partial charge on any atom is 0.270 e. The summed E-state index contributed by atoms with van der Waals surface area (Å²) in [6.07, 6.45) is 0. The summed E-state index contributed by atoms with van der Waals surface area (Å²) in [7, 11) is 0. The number of carbonyl (C=O) groups excluding carboxylic acids is 1. The molecule has 0 radical (unpaired) electrons. The second-order valence-electron chi connectivity index (χ2n) is 5.62. The minimum absolute atomic E-state index is 0.0514. The van der Waals surface area contributed by atoms with Gasteiger partial charge < -0.3 is 9.42 Å². The molecule has 138 valence electrons. The molecule has 0 aliphatic rings. The fraction of sp³-hybridized carbons (Fsp3) is 0.167. The Kier molecular flexibility index (Phi) is 5.46. The van der Waals surface area contributed by atoms with Crippen molar-refractivity contribution in [2.45, 2.75) is 13.5 Å². The van der Waals surface area contributed by atoms with Crippen molar-refractivity contribution in [3.63, 3.8) is 0 Å². The number of hydrogen-bond acceptors (Lipinski definition) is 6. The Labute approximate surface area is 159 Å². The molecular weight excluding hydrogens is 372 g/mol. The van der Waals surface area contributed by atoms with Crippen LogP contribution < -0.4 is 0 Å². The van der Waals surface area contributed by atoms with Crippen molar-refractivity contribution in [3.8, 4) is 11.4 Å². The summed E-state index contributed by atoms with van der Waals surface area (Å²) >= 11 is 6.06. The Morgan fingerprint density at radius 3 is 2.67 bits per heavy atom. The van der Waals surface area contributed by atoms with Crippen molar-refractivity contribution in [2.75, 3.05) is 6.54 Å². The largest absolute Gasteiger partial charge is 0.337 e. The smallest absolute Gasteiger partial charge is 0.270 e. The van der Waals surface area contributed by atoms with Crippen molar-refractivity contribution in [1.82, 2.24) is 15.0 Å². The van der Waals surface area contributed by atoms with Crippen LogP contribution in [0.1, 0.15) is 23.2 Å². The third-order valence-electron chi connectivity index (χ3n) is 3.89. The van der Waals surface area contributed by atoms with Gasteiger partial charge in [-0.05, 0) is 13.0 Å². The van der Waals surface area contributed by atoms with E-state index in [1.165, 1.54) is 17.0 Å². The Morgan fingerprint density at radius 1 is 1.26 bits per heavy atom. The van der Waals surface area contributed by atoms with Gasteiger partial charge in [0.2, 0.25) is 11.7 Å². The number of nitro benzene ring substituents is 1. The van der Waals surface area contributed by atoms with Crippen LogP contribution in [0.4, 0.5) is 5.69 Å². The lowest BCUT2D eigenvalue weighted by Gasteiger charge is -2.19. The van der Waals surface area contributed by atoms with Crippen molar-refractivity contribution in [3.05, 3.63) is 75.1 Å². The topological polar surface area (TPSA) is 102 Å². The van der Waals surface area contributed by atoms with Gasteiger partial charge in [0.25, 0.3) is 11.6 Å². The van der Waals surface area contributed by atoms with Gasteiger partial charge in [0, 0.05) is 24.2 Å². The molecule has 0 saturated carbocycles. The lowest BCUT2D eigenvalue weighted by molar-refractivity contribution is -0.384. The molecule has 0 saturated heterocycles. The molecule has 0 aliphatic heterocycles. The fourth-order valence-electron chi connectivity index (χ4n) is 2.48. The number of aromatic nitrogens is 2. The van der Waals surface area contributed by atoms with E-state index in [1.54, 1.807) is 6.92 Å². The van der Waals surface area contributed by atoms with Crippen LogP contribution in [0.5, 0.6) is 0 Å². The number of nitro groups is 1. The average molecular weight is 387 g/mol. The summed E-state index contributed by atoms with van der Waals surface area (Å²) < 4.78 is 5.23. The highest BCUT2D eigenvalue weighted by molar-refractivity contribution is 6.33. The highest BCUT2D eigenvalue weighted by Crippen LogP contribution is 2.24. The average Bonchev–Trinajstić information content (AvgIpc) is 3.15. The minimum Gasteiger partial charge on any atom is -0.337 e. The molecule has 9 heteroatoms. The maximum absolute atomic E-state index is 12.8. The standard InChI is InChI=1S/C18H15ClN4O4/c1-2-22(18(24)14-10-13(23(25)26)8-9-15(14)19)11-16-20-17(21-27-16)12-6-4-3-5-7-12/h3-10H,2,11H2,1H3. The zero-order valence-electron chi connectivity index (χ0n) is 14.3. The van der Waals surface area contributed by atoms with Crippen LogP contribution in [0.2, 0.25) is 5.02 Å². The molecule has 0 unspecified atom stereocenters. The number of nitrogens with zero attached hydrogens (tertiary/aromatic N) is 4. The molecule has 3 rings (SSSR count). The van der Waals surface area contributed by atoms with Crippen molar-refractivity contribution >= 4 is 23.2 Å². The molecule has 1 aromatic heterocycles. The highest BCUT2D eigenvalue weighted by Gasteiger charge is 2.22. The normalized spacial score (nSPS) is 10.6. The van der Waals surface area contributed by atoms with Gasteiger partial charge in [0.15, 0.2) is 0 Å². The maximum atomic E-state index is 12.8. The summed E-state index contributed by atoms with van der Waals surface area (Å²) in [5, 5.41) is 15.0. The Morgan fingerprint density at radius 2 is 2.00 bits per heavy atom. The molecule has 2 aromatic carbocycles. The number of rotatable bonds is 6. The quantitative estimate of drug-likeness (QED) is 0.469. The Hall–Kier alpha value is -3.26. The molecule has 0 atom stereocenters. The summed E-state index contributed by atoms with van der Waals surface area (Å²) in [6.45, 7) is 2.17. The van der Waals surface area contributed by atoms with Gasteiger partial charge in [-0.1, -0.05) is 47.1 Å². The van der Waals surface area contributed by atoms with E-state index in [-0.39, 0.29) is 28.7 Å². The van der Waals surface area contributed by atoms with Crippen LogP contribution in [0, 0.1) is 10.1 Å². The number of carbonyl (C=O) groups is 1. The number of non-ortho nitro benzene ring substituents is 1. The molecule has 8 nitrogen and oxygen atoms in total. The van der Waals surface area contributed by atoms with Gasteiger partial charge in [-0.3, -0.25) is 14.9 Å². The zero-order chi connectivity index (χ0) is 19.4. The highest BCUT2D eigenvalue weighted by atomic mass is 35.5. The van der Waals surface area contributed by atoms with Crippen molar-refractivity contribution in [2.24, 2.45) is 0 Å². The van der Waals surface area contributed by atoms with Crippen LogP contribution in [-0.2, 0) is 6.54 Å². The van der Waals surface area contributed by atoms with E-state index >= 15 is 0 Å². The first kappa shape index (κ1) is 18.5. The second kappa shape index (κ2) is 7.96. The zero-order valence-corrected chi connectivity index (χ0v) is 15.1. The summed E-state index contributed by atoms with van der Waals surface area (Å²) in [6, 6.07) is 13.0. The molecule has 1 amide bonds. The van der Waals surface area contributed by atoms with E-state index in [0.717, 1.165) is 11.6 Å². The van der Waals surface area contributed by atoms with Gasteiger partial charge in [-0.15, -0.1) is 0 Å². The molecule has 0 fully saturated rings. The van der Waals surface area contributed by atoms with Crippen LogP contribution in [0.25, 0.3) is 11.4 Å². The van der Waals surface area contributed by atoms with Gasteiger partial charge in [-0.2, -0.15) is 4.98 Å². The molecule has 3 aromatic rings. The van der Waals surface area contributed by atoms with E-state index in [1.807, 2.05) is 30.3 Å². The van der Waals surface area contributed by atoms with Crippen molar-refractivity contribution in [1.29, 1.82) is 0 Å². The lowest BCUT2D eigenvalue weighted by atomic mass is 10.1. The first-order chi connectivity index (χ1) is 13.0. The first-order valence-corrected chi connectivity index (χ1v) is 8.48.